The number of carbonyl (C=O) groups is 1. The van der Waals surface area contributed by atoms with Gasteiger partial charge in [-0.05, 0) is 56.9 Å². The smallest absolute Gasteiger partial charge is 0.129 e. The number of aryl methyl sites for hydroxylation is 1. The van der Waals surface area contributed by atoms with E-state index in [-0.39, 0.29) is 11.6 Å². The first-order valence-electron chi connectivity index (χ1n) is 7.54. The Kier molecular flexibility index (Phi) is 10.7. The molecule has 0 spiro atoms. The molecule has 0 unspecified atom stereocenters. The quantitative estimate of drug-likeness (QED) is 0.631. The summed E-state index contributed by atoms with van der Waals surface area (Å²) in [7, 11) is 0. The predicted molar refractivity (Wildman–Crippen MR) is 81.8 cm³/mol. The summed E-state index contributed by atoms with van der Waals surface area (Å²) in [6.45, 7) is 8.10. The van der Waals surface area contributed by atoms with Gasteiger partial charge in [-0.3, -0.25) is 0 Å². The van der Waals surface area contributed by atoms with Crippen LogP contribution in [0.5, 0.6) is 5.75 Å². The van der Waals surface area contributed by atoms with Crippen LogP contribution in [-0.2, 0) is 11.2 Å². The van der Waals surface area contributed by atoms with E-state index in [1.807, 2.05) is 20.8 Å². The van der Waals surface area contributed by atoms with Crippen LogP contribution in [0.3, 0.4) is 0 Å². The lowest BCUT2D eigenvalue weighted by Gasteiger charge is -2.07. The molecule has 0 heterocycles. The number of halogens is 1. The second-order valence-electron chi connectivity index (χ2n) is 4.45. The highest BCUT2D eigenvalue weighted by molar-refractivity contribution is 5.75. The van der Waals surface area contributed by atoms with Crippen molar-refractivity contribution in [2.45, 2.75) is 59.8 Å². The van der Waals surface area contributed by atoms with Crippen LogP contribution < -0.4 is 4.74 Å². The third kappa shape index (κ3) is 7.93. The Balaban J connectivity index is 0.00000172. The fraction of sp³-hybridized carbons (Fsp3) is 0.588. The molecule has 0 aliphatic heterocycles. The number of hydrogen-bond donors (Lipinski definition) is 0. The average molecular weight is 282 g/mol. The third-order valence-electron chi connectivity index (χ3n) is 2.80. The first-order chi connectivity index (χ1) is 9.63. The van der Waals surface area contributed by atoms with Gasteiger partial charge in [0.05, 0.1) is 6.61 Å². The molecular weight excluding hydrogens is 255 g/mol. The summed E-state index contributed by atoms with van der Waals surface area (Å²) >= 11 is 0. The SMILES string of the molecule is CC.CCOc1ccc(F)c(CCCCCC(C)=O)c1. The molecule has 0 aliphatic rings. The van der Waals surface area contributed by atoms with E-state index in [2.05, 4.69) is 0 Å². The second kappa shape index (κ2) is 11.4. The molecule has 1 rings (SSSR count). The van der Waals surface area contributed by atoms with Gasteiger partial charge in [-0.1, -0.05) is 20.3 Å². The van der Waals surface area contributed by atoms with Crippen LogP contribution in [0.1, 0.15) is 58.9 Å². The number of benzene rings is 1. The summed E-state index contributed by atoms with van der Waals surface area (Å²) in [5.41, 5.74) is 0.698. The molecule has 0 aliphatic carbocycles. The lowest BCUT2D eigenvalue weighted by Crippen LogP contribution is -1.96. The summed E-state index contributed by atoms with van der Waals surface area (Å²) in [4.78, 5) is 10.8. The molecule has 0 radical (unpaired) electrons. The summed E-state index contributed by atoms with van der Waals surface area (Å²) in [6.07, 6.45) is 4.08. The fourth-order valence-corrected chi connectivity index (χ4v) is 1.87. The number of unbranched alkanes of at least 4 members (excludes halogenated alkanes) is 2. The van der Waals surface area contributed by atoms with Crippen LogP contribution in [0.2, 0.25) is 0 Å². The molecule has 0 saturated heterocycles. The van der Waals surface area contributed by atoms with Gasteiger partial charge in [0.2, 0.25) is 0 Å². The Labute approximate surface area is 122 Å². The monoisotopic (exact) mass is 282 g/mol. The normalized spacial score (nSPS) is 9.65. The van der Waals surface area contributed by atoms with Crippen molar-refractivity contribution in [1.82, 2.24) is 0 Å². The first-order valence-corrected chi connectivity index (χ1v) is 7.54. The van der Waals surface area contributed by atoms with Crippen LogP contribution in [0.25, 0.3) is 0 Å². The van der Waals surface area contributed by atoms with Gasteiger partial charge in [0.15, 0.2) is 0 Å². The van der Waals surface area contributed by atoms with Gasteiger partial charge in [0.1, 0.15) is 17.3 Å². The molecule has 0 N–H and O–H groups in total. The Morgan fingerprint density at radius 1 is 1.20 bits per heavy atom. The van der Waals surface area contributed by atoms with E-state index >= 15 is 0 Å². The Morgan fingerprint density at radius 3 is 2.50 bits per heavy atom. The van der Waals surface area contributed by atoms with Gasteiger partial charge in [0.25, 0.3) is 0 Å². The number of hydrogen-bond acceptors (Lipinski definition) is 2. The molecule has 0 aromatic heterocycles. The van der Waals surface area contributed by atoms with Gasteiger partial charge in [-0.25, -0.2) is 4.39 Å². The van der Waals surface area contributed by atoms with Crippen molar-refractivity contribution in [2.75, 3.05) is 6.61 Å². The van der Waals surface area contributed by atoms with E-state index in [1.165, 1.54) is 6.07 Å². The molecule has 1 aromatic rings. The molecule has 0 saturated carbocycles. The van der Waals surface area contributed by atoms with Crippen molar-refractivity contribution < 1.29 is 13.9 Å². The zero-order valence-electron chi connectivity index (χ0n) is 13.2. The van der Waals surface area contributed by atoms with E-state index in [0.717, 1.165) is 25.0 Å². The van der Waals surface area contributed by atoms with Gasteiger partial charge in [0, 0.05) is 6.42 Å². The lowest BCUT2D eigenvalue weighted by molar-refractivity contribution is -0.117. The molecule has 0 fully saturated rings. The summed E-state index contributed by atoms with van der Waals surface area (Å²) in [6, 6.07) is 4.87. The van der Waals surface area contributed by atoms with Crippen molar-refractivity contribution in [1.29, 1.82) is 0 Å². The average Bonchev–Trinajstić information content (AvgIpc) is 2.44. The Hall–Kier alpha value is -1.38. The summed E-state index contributed by atoms with van der Waals surface area (Å²) < 4.78 is 18.9. The Morgan fingerprint density at radius 2 is 1.90 bits per heavy atom. The second-order valence-corrected chi connectivity index (χ2v) is 4.45. The molecule has 3 heteroatoms. The van der Waals surface area contributed by atoms with Crippen LogP contribution in [0, 0.1) is 5.82 Å². The number of carbonyl (C=O) groups excluding carboxylic acids is 1. The zero-order valence-corrected chi connectivity index (χ0v) is 13.2. The highest BCUT2D eigenvalue weighted by Crippen LogP contribution is 2.19. The minimum absolute atomic E-state index is 0.176. The van der Waals surface area contributed by atoms with Crippen LogP contribution in [0.4, 0.5) is 4.39 Å². The van der Waals surface area contributed by atoms with Crippen molar-refractivity contribution in [3.05, 3.63) is 29.6 Å². The molecule has 1 aromatic carbocycles. The lowest BCUT2D eigenvalue weighted by atomic mass is 10.0. The van der Waals surface area contributed by atoms with Gasteiger partial charge in [-0.2, -0.15) is 0 Å². The van der Waals surface area contributed by atoms with E-state index in [1.54, 1.807) is 19.1 Å². The van der Waals surface area contributed by atoms with Crippen LogP contribution in [-0.4, -0.2) is 12.4 Å². The zero-order chi connectivity index (χ0) is 15.4. The van der Waals surface area contributed by atoms with Crippen molar-refractivity contribution in [3.8, 4) is 5.75 Å². The van der Waals surface area contributed by atoms with Gasteiger partial charge < -0.3 is 9.53 Å². The third-order valence-corrected chi connectivity index (χ3v) is 2.80. The van der Waals surface area contributed by atoms with Crippen molar-refractivity contribution in [2.24, 2.45) is 0 Å². The molecule has 20 heavy (non-hydrogen) atoms. The summed E-state index contributed by atoms with van der Waals surface area (Å²) in [5.74, 6) is 0.766. The predicted octanol–water partition coefficient (Wildman–Crippen LogP) is 4.94. The highest BCUT2D eigenvalue weighted by atomic mass is 19.1. The Bertz CT molecular complexity index is 389. The summed E-state index contributed by atoms with van der Waals surface area (Å²) in [5, 5.41) is 0. The molecule has 114 valence electrons. The van der Waals surface area contributed by atoms with Crippen LogP contribution >= 0.6 is 0 Å². The van der Waals surface area contributed by atoms with Crippen molar-refractivity contribution >= 4 is 5.78 Å². The molecule has 2 nitrogen and oxygen atoms in total. The van der Waals surface area contributed by atoms with Gasteiger partial charge >= 0.3 is 0 Å². The maximum atomic E-state index is 13.5. The standard InChI is InChI=1S/C15H21FO2.C2H6/c1-3-18-14-9-10-15(16)13(11-14)8-6-4-5-7-12(2)17;1-2/h9-11H,3-8H2,1-2H3;1-2H3. The molecule has 0 bridgehead atoms. The number of Topliss-reactive ketones (excluding diaryl/α,β-unsaturated/α-hetero) is 1. The maximum Gasteiger partial charge on any atom is 0.129 e. The molecular formula is C17H27FO2. The number of ether oxygens (including phenoxy) is 1. The molecule has 0 amide bonds. The molecule has 0 atom stereocenters. The topological polar surface area (TPSA) is 26.3 Å². The minimum Gasteiger partial charge on any atom is -0.494 e. The largest absolute Gasteiger partial charge is 0.494 e. The van der Waals surface area contributed by atoms with E-state index in [0.29, 0.717) is 25.0 Å². The van der Waals surface area contributed by atoms with E-state index in [4.69, 9.17) is 4.74 Å². The maximum absolute atomic E-state index is 13.5. The first kappa shape index (κ1) is 18.6. The number of rotatable bonds is 8. The highest BCUT2D eigenvalue weighted by Gasteiger charge is 2.04. The van der Waals surface area contributed by atoms with Crippen LogP contribution in [0.15, 0.2) is 18.2 Å². The fourth-order valence-electron chi connectivity index (χ4n) is 1.87. The minimum atomic E-state index is -0.176. The number of ketones is 1. The van der Waals surface area contributed by atoms with E-state index in [9.17, 15) is 9.18 Å². The van der Waals surface area contributed by atoms with Crippen molar-refractivity contribution in [3.63, 3.8) is 0 Å². The van der Waals surface area contributed by atoms with Gasteiger partial charge in [-0.15, -0.1) is 0 Å². The van der Waals surface area contributed by atoms with E-state index < -0.39 is 0 Å².